The van der Waals surface area contributed by atoms with Gasteiger partial charge in [0.05, 0.1) is 19.0 Å². The van der Waals surface area contributed by atoms with Gasteiger partial charge in [0.1, 0.15) is 0 Å². The van der Waals surface area contributed by atoms with Crippen molar-refractivity contribution in [1.29, 1.82) is 0 Å². The second-order valence-electron chi connectivity index (χ2n) is 4.90. The molecule has 0 atom stereocenters. The van der Waals surface area contributed by atoms with Crippen molar-refractivity contribution < 1.29 is 9.53 Å². The van der Waals surface area contributed by atoms with E-state index in [1.165, 1.54) is 6.08 Å². The summed E-state index contributed by atoms with van der Waals surface area (Å²) in [5.74, 6) is 0.304. The zero-order valence-electron chi connectivity index (χ0n) is 12.9. The fourth-order valence-corrected chi connectivity index (χ4v) is 1.81. The van der Waals surface area contributed by atoms with E-state index in [1.807, 2.05) is 43.3 Å². The van der Waals surface area contributed by atoms with E-state index in [4.69, 9.17) is 4.74 Å². The van der Waals surface area contributed by atoms with Crippen LogP contribution in [0.2, 0.25) is 0 Å². The second-order valence-corrected chi connectivity index (χ2v) is 4.90. The molecule has 1 aromatic heterocycles. The lowest BCUT2D eigenvalue weighted by Gasteiger charge is -2.11. The first-order valence-electron chi connectivity index (χ1n) is 6.85. The van der Waals surface area contributed by atoms with Crippen LogP contribution in [0, 0.1) is 0 Å². The van der Waals surface area contributed by atoms with Crippen molar-refractivity contribution in [2.24, 2.45) is 0 Å². The summed E-state index contributed by atoms with van der Waals surface area (Å²) in [6.07, 6.45) is 4.82. The highest BCUT2D eigenvalue weighted by atomic mass is 16.5. The van der Waals surface area contributed by atoms with Crippen molar-refractivity contribution in [2.75, 3.05) is 31.4 Å². The maximum absolute atomic E-state index is 11.9. The number of ether oxygens (including phenoxy) is 1. The van der Waals surface area contributed by atoms with Crippen LogP contribution in [-0.2, 0) is 4.79 Å². The molecule has 1 amide bonds. The third-order valence-electron chi connectivity index (χ3n) is 3.05. The summed E-state index contributed by atoms with van der Waals surface area (Å²) in [5.41, 5.74) is 2.71. The Morgan fingerprint density at radius 3 is 2.45 bits per heavy atom. The van der Waals surface area contributed by atoms with Crippen LogP contribution in [0.25, 0.3) is 6.08 Å². The van der Waals surface area contributed by atoms with E-state index in [1.54, 1.807) is 31.5 Å². The molecule has 1 heterocycles. The number of nitrogens with zero attached hydrogens (tertiary/aromatic N) is 2. The topological polar surface area (TPSA) is 54.5 Å². The Morgan fingerprint density at radius 1 is 1.18 bits per heavy atom. The molecule has 5 nitrogen and oxygen atoms in total. The summed E-state index contributed by atoms with van der Waals surface area (Å²) in [6.45, 7) is 0. The summed E-state index contributed by atoms with van der Waals surface area (Å²) >= 11 is 0. The lowest BCUT2D eigenvalue weighted by atomic mass is 10.2. The van der Waals surface area contributed by atoms with Gasteiger partial charge >= 0.3 is 0 Å². The molecule has 1 aromatic carbocycles. The van der Waals surface area contributed by atoms with Gasteiger partial charge in [-0.1, -0.05) is 12.1 Å². The molecule has 0 saturated carbocycles. The first-order valence-corrected chi connectivity index (χ1v) is 6.85. The number of hydrogen-bond donors (Lipinski definition) is 1. The smallest absolute Gasteiger partial charge is 0.248 e. The largest absolute Gasteiger partial charge is 0.481 e. The minimum Gasteiger partial charge on any atom is -0.481 e. The molecule has 0 saturated heterocycles. The van der Waals surface area contributed by atoms with Gasteiger partial charge in [0, 0.05) is 31.9 Å². The van der Waals surface area contributed by atoms with Gasteiger partial charge in [-0.15, -0.1) is 0 Å². The van der Waals surface area contributed by atoms with E-state index in [9.17, 15) is 4.79 Å². The third-order valence-corrected chi connectivity index (χ3v) is 3.05. The van der Waals surface area contributed by atoms with Gasteiger partial charge in [-0.2, -0.15) is 0 Å². The highest BCUT2D eigenvalue weighted by Crippen LogP contribution is 2.14. The Balaban J connectivity index is 1.95. The lowest BCUT2D eigenvalue weighted by Crippen LogP contribution is -2.08. The predicted octanol–water partition coefficient (Wildman–Crippen LogP) is 2.81. The number of carbonyl (C=O) groups is 1. The van der Waals surface area contributed by atoms with E-state index in [0.29, 0.717) is 11.6 Å². The Labute approximate surface area is 130 Å². The molecule has 5 heteroatoms. The van der Waals surface area contributed by atoms with Crippen molar-refractivity contribution in [3.63, 3.8) is 0 Å². The van der Waals surface area contributed by atoms with Crippen molar-refractivity contribution in [3.05, 3.63) is 54.2 Å². The first kappa shape index (κ1) is 15.6. The van der Waals surface area contributed by atoms with Crippen LogP contribution in [0.3, 0.4) is 0 Å². The number of rotatable bonds is 5. The number of anilines is 2. The van der Waals surface area contributed by atoms with Gasteiger partial charge in [0.2, 0.25) is 11.8 Å². The number of hydrogen-bond acceptors (Lipinski definition) is 4. The molecule has 0 aliphatic rings. The van der Waals surface area contributed by atoms with Crippen LogP contribution < -0.4 is 15.0 Å². The van der Waals surface area contributed by atoms with Crippen LogP contribution in [0.1, 0.15) is 5.56 Å². The molecule has 0 aliphatic carbocycles. The summed E-state index contributed by atoms with van der Waals surface area (Å²) in [5, 5.41) is 2.74. The monoisotopic (exact) mass is 297 g/mol. The third kappa shape index (κ3) is 4.34. The molecule has 0 spiro atoms. The van der Waals surface area contributed by atoms with Crippen molar-refractivity contribution in [3.8, 4) is 5.88 Å². The van der Waals surface area contributed by atoms with E-state index >= 15 is 0 Å². The Bertz CT molecular complexity index is 647. The molecule has 0 unspecified atom stereocenters. The molecule has 0 aliphatic heterocycles. The van der Waals surface area contributed by atoms with E-state index in [0.717, 1.165) is 11.3 Å². The maximum Gasteiger partial charge on any atom is 0.248 e. The normalized spacial score (nSPS) is 10.5. The molecule has 2 aromatic rings. The minimum atomic E-state index is -0.205. The quantitative estimate of drug-likeness (QED) is 0.862. The Kier molecular flexibility index (Phi) is 5.14. The number of pyridine rings is 1. The maximum atomic E-state index is 11.9. The Hall–Kier alpha value is -2.82. The number of aromatic nitrogens is 1. The standard InChI is InChI=1S/C17H19N3O2/c1-20(2)15-8-4-13(5-9-15)6-10-16(21)19-14-7-11-17(22-3)18-12-14/h4-12H,1-3H3,(H,19,21)/b10-6+. The van der Waals surface area contributed by atoms with Gasteiger partial charge in [-0.05, 0) is 29.8 Å². The predicted molar refractivity (Wildman–Crippen MR) is 89.2 cm³/mol. The molecule has 1 N–H and O–H groups in total. The summed E-state index contributed by atoms with van der Waals surface area (Å²) in [7, 11) is 5.52. The molecular weight excluding hydrogens is 278 g/mol. The van der Waals surface area contributed by atoms with Gasteiger partial charge in [-0.25, -0.2) is 4.98 Å². The second kappa shape index (κ2) is 7.26. The molecule has 0 bridgehead atoms. The van der Waals surface area contributed by atoms with Gasteiger partial charge < -0.3 is 15.0 Å². The average molecular weight is 297 g/mol. The van der Waals surface area contributed by atoms with Crippen LogP contribution in [0.15, 0.2) is 48.7 Å². The van der Waals surface area contributed by atoms with Crippen LogP contribution in [0.4, 0.5) is 11.4 Å². The van der Waals surface area contributed by atoms with Gasteiger partial charge in [0.25, 0.3) is 0 Å². The summed E-state index contributed by atoms with van der Waals surface area (Å²) in [4.78, 5) is 17.9. The number of amides is 1. The van der Waals surface area contributed by atoms with Crippen molar-refractivity contribution in [2.45, 2.75) is 0 Å². The van der Waals surface area contributed by atoms with Crippen LogP contribution in [-0.4, -0.2) is 32.1 Å². The van der Waals surface area contributed by atoms with E-state index in [2.05, 4.69) is 10.3 Å². The zero-order valence-corrected chi connectivity index (χ0v) is 12.9. The zero-order chi connectivity index (χ0) is 15.9. The van der Waals surface area contributed by atoms with Gasteiger partial charge in [0.15, 0.2) is 0 Å². The number of carbonyl (C=O) groups excluding carboxylic acids is 1. The van der Waals surface area contributed by atoms with E-state index in [-0.39, 0.29) is 5.91 Å². The average Bonchev–Trinajstić information content (AvgIpc) is 2.54. The highest BCUT2D eigenvalue weighted by Gasteiger charge is 1.99. The van der Waals surface area contributed by atoms with Crippen LogP contribution >= 0.6 is 0 Å². The molecule has 0 fully saturated rings. The SMILES string of the molecule is COc1ccc(NC(=O)/C=C/c2ccc(N(C)C)cc2)cn1. The lowest BCUT2D eigenvalue weighted by molar-refractivity contribution is -0.111. The van der Waals surface area contributed by atoms with Crippen molar-refractivity contribution >= 4 is 23.4 Å². The highest BCUT2D eigenvalue weighted by molar-refractivity contribution is 6.01. The number of benzene rings is 1. The van der Waals surface area contributed by atoms with Crippen LogP contribution in [0.5, 0.6) is 5.88 Å². The molecule has 0 radical (unpaired) electrons. The number of methoxy groups -OCH3 is 1. The number of nitrogens with one attached hydrogen (secondary N) is 1. The molecule has 22 heavy (non-hydrogen) atoms. The van der Waals surface area contributed by atoms with E-state index < -0.39 is 0 Å². The van der Waals surface area contributed by atoms with Gasteiger partial charge in [-0.3, -0.25) is 4.79 Å². The summed E-state index contributed by atoms with van der Waals surface area (Å²) in [6, 6.07) is 11.4. The first-order chi connectivity index (χ1) is 10.6. The fourth-order valence-electron chi connectivity index (χ4n) is 1.81. The summed E-state index contributed by atoms with van der Waals surface area (Å²) < 4.78 is 4.96. The van der Waals surface area contributed by atoms with Crippen molar-refractivity contribution in [1.82, 2.24) is 4.98 Å². The minimum absolute atomic E-state index is 0.205. The molecule has 114 valence electrons. The molecular formula is C17H19N3O2. The fraction of sp³-hybridized carbons (Fsp3) is 0.176. The molecule has 2 rings (SSSR count). The Morgan fingerprint density at radius 2 is 1.91 bits per heavy atom.